The SMILES string of the molecule is Cc1ccc([C@H]2[C@H](c3ccccn3)NC(=S)N2c2ccc(NC(=O)C(C)C)c(Cl)c2)n1C. The molecule has 1 saturated heterocycles. The topological polar surface area (TPSA) is 62.2 Å². The van der Waals surface area contributed by atoms with Crippen LogP contribution in [0.5, 0.6) is 0 Å². The van der Waals surface area contributed by atoms with E-state index < -0.39 is 0 Å². The van der Waals surface area contributed by atoms with Gasteiger partial charge in [0.15, 0.2) is 5.11 Å². The van der Waals surface area contributed by atoms with Crippen LogP contribution in [0.1, 0.15) is 43.0 Å². The average molecular weight is 468 g/mol. The Hall–Kier alpha value is -2.90. The van der Waals surface area contributed by atoms with Gasteiger partial charge in [0, 0.05) is 36.2 Å². The van der Waals surface area contributed by atoms with Crippen LogP contribution in [0.3, 0.4) is 0 Å². The number of nitrogens with zero attached hydrogens (tertiary/aromatic N) is 3. The minimum atomic E-state index is -0.134. The molecule has 0 bridgehead atoms. The fraction of sp³-hybridized carbons (Fsp3) is 0.292. The number of carbonyl (C=O) groups is 1. The standard InChI is InChI=1S/C24H26ClN5OS/c1-14(2)23(31)27-18-10-9-16(13-17(18)25)30-22(20-11-8-15(3)29(20)4)21(28-24(30)32)19-7-5-6-12-26-19/h5-14,21-22H,1-4H3,(H,27,31)(H,28,32)/t21-,22-/m0/s1. The van der Waals surface area contributed by atoms with Crippen molar-refractivity contribution in [3.8, 4) is 0 Å². The number of hydrogen-bond donors (Lipinski definition) is 2. The Kier molecular flexibility index (Phi) is 6.22. The number of nitrogens with one attached hydrogen (secondary N) is 2. The number of halogens is 1. The highest BCUT2D eigenvalue weighted by atomic mass is 35.5. The molecule has 0 spiro atoms. The van der Waals surface area contributed by atoms with E-state index in [-0.39, 0.29) is 23.9 Å². The van der Waals surface area contributed by atoms with Crippen molar-refractivity contribution >= 4 is 46.2 Å². The molecule has 0 radical (unpaired) electrons. The summed E-state index contributed by atoms with van der Waals surface area (Å²) in [5.74, 6) is -0.212. The van der Waals surface area contributed by atoms with E-state index in [1.54, 1.807) is 6.20 Å². The van der Waals surface area contributed by atoms with Crippen LogP contribution in [-0.4, -0.2) is 20.6 Å². The van der Waals surface area contributed by atoms with E-state index in [0.29, 0.717) is 15.8 Å². The Labute approximate surface area is 198 Å². The van der Waals surface area contributed by atoms with Gasteiger partial charge in [0.05, 0.1) is 22.4 Å². The third-order valence-corrected chi connectivity index (χ3v) is 6.45. The zero-order valence-electron chi connectivity index (χ0n) is 18.5. The molecule has 2 atom stereocenters. The molecule has 3 heterocycles. The fourth-order valence-corrected chi connectivity index (χ4v) is 4.46. The number of aryl methyl sites for hydroxylation is 1. The van der Waals surface area contributed by atoms with Crippen LogP contribution in [0.25, 0.3) is 0 Å². The Morgan fingerprint density at radius 2 is 2.00 bits per heavy atom. The van der Waals surface area contributed by atoms with Gasteiger partial charge in [-0.3, -0.25) is 9.78 Å². The van der Waals surface area contributed by atoms with E-state index in [9.17, 15) is 4.79 Å². The molecule has 2 N–H and O–H groups in total. The Balaban J connectivity index is 1.76. The Bertz CT molecular complexity index is 1160. The predicted octanol–water partition coefficient (Wildman–Crippen LogP) is 5.15. The maximum Gasteiger partial charge on any atom is 0.226 e. The molecule has 1 aliphatic rings. The third kappa shape index (κ3) is 4.10. The summed E-state index contributed by atoms with van der Waals surface area (Å²) in [5.41, 5.74) is 4.60. The monoisotopic (exact) mass is 467 g/mol. The van der Waals surface area contributed by atoms with Crippen molar-refractivity contribution in [3.63, 3.8) is 0 Å². The van der Waals surface area contributed by atoms with Gasteiger partial charge in [-0.2, -0.15) is 0 Å². The molecule has 2 aromatic heterocycles. The van der Waals surface area contributed by atoms with Crippen LogP contribution < -0.4 is 15.5 Å². The van der Waals surface area contributed by atoms with Gasteiger partial charge >= 0.3 is 0 Å². The zero-order valence-corrected chi connectivity index (χ0v) is 20.0. The lowest BCUT2D eigenvalue weighted by Gasteiger charge is -2.29. The number of anilines is 2. The molecule has 0 unspecified atom stereocenters. The highest BCUT2D eigenvalue weighted by molar-refractivity contribution is 7.80. The van der Waals surface area contributed by atoms with Crippen molar-refractivity contribution in [2.75, 3.05) is 10.2 Å². The number of benzene rings is 1. The van der Waals surface area contributed by atoms with Gasteiger partial charge < -0.3 is 20.1 Å². The quantitative estimate of drug-likeness (QED) is 0.508. The van der Waals surface area contributed by atoms with Gasteiger partial charge in [-0.25, -0.2) is 0 Å². The summed E-state index contributed by atoms with van der Waals surface area (Å²) >= 11 is 12.3. The maximum atomic E-state index is 12.1. The lowest BCUT2D eigenvalue weighted by atomic mass is 10.0. The molecule has 1 aromatic carbocycles. The van der Waals surface area contributed by atoms with Crippen molar-refractivity contribution in [2.45, 2.75) is 32.9 Å². The van der Waals surface area contributed by atoms with E-state index in [4.69, 9.17) is 23.8 Å². The van der Waals surface area contributed by atoms with Gasteiger partial charge in [-0.05, 0) is 61.6 Å². The van der Waals surface area contributed by atoms with Gasteiger partial charge in [0.25, 0.3) is 0 Å². The van der Waals surface area contributed by atoms with Crippen LogP contribution in [0.4, 0.5) is 11.4 Å². The number of rotatable bonds is 5. The lowest BCUT2D eigenvalue weighted by Crippen LogP contribution is -2.30. The van der Waals surface area contributed by atoms with Crippen molar-refractivity contribution in [3.05, 3.63) is 76.8 Å². The second-order valence-corrected chi connectivity index (χ2v) is 9.06. The molecule has 8 heteroatoms. The first kappa shape index (κ1) is 22.3. The summed E-state index contributed by atoms with van der Waals surface area (Å²) in [4.78, 5) is 18.8. The summed E-state index contributed by atoms with van der Waals surface area (Å²) in [5, 5.41) is 7.39. The number of thiocarbonyl (C=S) groups is 1. The Morgan fingerprint density at radius 1 is 1.22 bits per heavy atom. The van der Waals surface area contributed by atoms with Crippen LogP contribution >= 0.6 is 23.8 Å². The maximum absolute atomic E-state index is 12.1. The van der Waals surface area contributed by atoms with Gasteiger partial charge in [0.1, 0.15) is 6.04 Å². The summed E-state index contributed by atoms with van der Waals surface area (Å²) < 4.78 is 2.17. The van der Waals surface area contributed by atoms with Crippen LogP contribution in [0.2, 0.25) is 5.02 Å². The molecule has 0 saturated carbocycles. The van der Waals surface area contributed by atoms with Crippen molar-refractivity contribution in [1.29, 1.82) is 0 Å². The molecule has 1 fully saturated rings. The van der Waals surface area contributed by atoms with E-state index >= 15 is 0 Å². The molecule has 0 aliphatic carbocycles. The number of hydrogen-bond acceptors (Lipinski definition) is 3. The normalized spacial score (nSPS) is 18.2. The van der Waals surface area contributed by atoms with Crippen LogP contribution in [0.15, 0.2) is 54.7 Å². The average Bonchev–Trinajstić information content (AvgIpc) is 3.28. The largest absolute Gasteiger partial charge is 0.351 e. The number of carbonyl (C=O) groups excluding carboxylic acids is 1. The summed E-state index contributed by atoms with van der Waals surface area (Å²) in [6.07, 6.45) is 1.79. The predicted molar refractivity (Wildman–Crippen MR) is 133 cm³/mol. The molecule has 3 aromatic rings. The second kappa shape index (κ2) is 8.92. The number of aromatic nitrogens is 2. The van der Waals surface area contributed by atoms with Crippen molar-refractivity contribution in [2.24, 2.45) is 13.0 Å². The smallest absolute Gasteiger partial charge is 0.226 e. The van der Waals surface area contributed by atoms with Gasteiger partial charge in [-0.1, -0.05) is 31.5 Å². The summed E-state index contributed by atoms with van der Waals surface area (Å²) in [6.45, 7) is 5.76. The summed E-state index contributed by atoms with van der Waals surface area (Å²) in [6, 6.07) is 15.4. The van der Waals surface area contributed by atoms with E-state index in [2.05, 4.69) is 51.2 Å². The van der Waals surface area contributed by atoms with Gasteiger partial charge in [0.2, 0.25) is 5.91 Å². The van der Waals surface area contributed by atoms with Crippen molar-refractivity contribution < 1.29 is 4.79 Å². The van der Waals surface area contributed by atoms with E-state index in [1.165, 1.54) is 0 Å². The lowest BCUT2D eigenvalue weighted by molar-refractivity contribution is -0.118. The molecule has 6 nitrogen and oxygen atoms in total. The number of pyridine rings is 1. The highest BCUT2D eigenvalue weighted by Gasteiger charge is 2.42. The molecule has 1 aliphatic heterocycles. The van der Waals surface area contributed by atoms with Gasteiger partial charge in [-0.15, -0.1) is 0 Å². The first-order valence-electron chi connectivity index (χ1n) is 10.5. The third-order valence-electron chi connectivity index (χ3n) is 5.83. The van der Waals surface area contributed by atoms with Crippen molar-refractivity contribution in [1.82, 2.24) is 14.9 Å². The minimum Gasteiger partial charge on any atom is -0.351 e. The highest BCUT2D eigenvalue weighted by Crippen LogP contribution is 2.43. The first-order valence-corrected chi connectivity index (χ1v) is 11.3. The zero-order chi connectivity index (χ0) is 23.0. The molecule has 32 heavy (non-hydrogen) atoms. The first-order chi connectivity index (χ1) is 15.3. The van der Waals surface area contributed by atoms with Crippen LogP contribution in [0, 0.1) is 12.8 Å². The fourth-order valence-electron chi connectivity index (χ4n) is 3.90. The molecular formula is C24H26ClN5OS. The van der Waals surface area contributed by atoms with Crippen LogP contribution in [-0.2, 0) is 11.8 Å². The molecule has 1 amide bonds. The minimum absolute atomic E-state index is 0.0783. The molecule has 166 valence electrons. The second-order valence-electron chi connectivity index (χ2n) is 8.26. The Morgan fingerprint density at radius 3 is 2.59 bits per heavy atom. The number of amides is 1. The van der Waals surface area contributed by atoms with E-state index in [1.807, 2.05) is 50.2 Å². The van der Waals surface area contributed by atoms with E-state index in [0.717, 1.165) is 22.8 Å². The molecule has 4 rings (SSSR count). The summed E-state index contributed by atoms with van der Waals surface area (Å²) in [7, 11) is 2.05. The molecular weight excluding hydrogens is 442 g/mol.